The molecule has 120 valence electrons. The number of hydrogen-bond donors (Lipinski definition) is 0. The van der Waals surface area contributed by atoms with E-state index in [0.717, 1.165) is 16.6 Å². The van der Waals surface area contributed by atoms with Gasteiger partial charge in [-0.2, -0.15) is 4.98 Å². The molecule has 5 heteroatoms. The van der Waals surface area contributed by atoms with Gasteiger partial charge in [-0.25, -0.2) is 4.98 Å². The van der Waals surface area contributed by atoms with Crippen molar-refractivity contribution in [2.24, 2.45) is 0 Å². The number of fused-ring (bicyclic) bond motifs is 1. The Kier molecular flexibility index (Phi) is 4.30. The molecule has 0 aliphatic heterocycles. The van der Waals surface area contributed by atoms with Crippen LogP contribution in [0.15, 0.2) is 48.9 Å². The largest absolute Gasteiger partial charge is 0.470 e. The molecule has 0 amide bonds. The Morgan fingerprint density at radius 1 is 1.04 bits per heavy atom. The van der Waals surface area contributed by atoms with Crippen LogP contribution in [0.25, 0.3) is 11.0 Å². The van der Waals surface area contributed by atoms with Crippen LogP contribution in [-0.4, -0.2) is 20.1 Å². The van der Waals surface area contributed by atoms with Gasteiger partial charge < -0.3 is 14.0 Å². The molecule has 0 bridgehead atoms. The lowest BCUT2D eigenvalue weighted by Crippen LogP contribution is -2.24. The van der Waals surface area contributed by atoms with Crippen molar-refractivity contribution in [1.82, 2.24) is 14.5 Å². The van der Waals surface area contributed by atoms with E-state index in [2.05, 4.69) is 9.97 Å². The van der Waals surface area contributed by atoms with Crippen LogP contribution >= 0.6 is 0 Å². The average molecular weight is 311 g/mol. The van der Waals surface area contributed by atoms with Crippen LogP contribution in [-0.2, 0) is 18.1 Å². The van der Waals surface area contributed by atoms with E-state index in [4.69, 9.17) is 9.47 Å². The van der Waals surface area contributed by atoms with Crippen molar-refractivity contribution < 1.29 is 9.47 Å². The highest BCUT2D eigenvalue weighted by molar-refractivity contribution is 5.80. The summed E-state index contributed by atoms with van der Waals surface area (Å²) in [5.41, 5.74) is 2.53. The molecule has 3 aromatic rings. The Morgan fingerprint density at radius 2 is 1.83 bits per heavy atom. The van der Waals surface area contributed by atoms with E-state index in [1.807, 2.05) is 67.9 Å². The summed E-state index contributed by atoms with van der Waals surface area (Å²) in [6.07, 6.45) is 3.47. The summed E-state index contributed by atoms with van der Waals surface area (Å²) in [5.74, 6) is 0.579. The molecule has 0 spiro atoms. The molecular formula is C18H21N3O2. The predicted molar refractivity (Wildman–Crippen MR) is 89.1 cm³/mol. The summed E-state index contributed by atoms with van der Waals surface area (Å²) in [5, 5.41) is 0. The van der Waals surface area contributed by atoms with Gasteiger partial charge in [-0.1, -0.05) is 30.3 Å². The van der Waals surface area contributed by atoms with Gasteiger partial charge in [0.05, 0.1) is 12.1 Å². The molecule has 2 aromatic heterocycles. The molecule has 1 aromatic carbocycles. The van der Waals surface area contributed by atoms with Gasteiger partial charge in [0.15, 0.2) is 0 Å². The number of benzene rings is 1. The van der Waals surface area contributed by atoms with Crippen molar-refractivity contribution in [2.45, 2.75) is 39.7 Å². The zero-order valence-corrected chi connectivity index (χ0v) is 13.7. The monoisotopic (exact) mass is 311 g/mol. The van der Waals surface area contributed by atoms with Gasteiger partial charge in [-0.05, 0) is 32.4 Å². The number of ether oxygens (including phenoxy) is 2. The van der Waals surface area contributed by atoms with E-state index >= 15 is 0 Å². The van der Waals surface area contributed by atoms with Crippen molar-refractivity contribution in [2.75, 3.05) is 0 Å². The lowest BCUT2D eigenvalue weighted by molar-refractivity contribution is 0.0656. The average Bonchev–Trinajstić information content (AvgIpc) is 2.91. The maximum Gasteiger partial charge on any atom is 0.242 e. The molecule has 0 saturated heterocycles. The topological polar surface area (TPSA) is 49.2 Å². The first-order chi connectivity index (χ1) is 11.0. The lowest BCUT2D eigenvalue weighted by Gasteiger charge is -2.21. The molecule has 0 atom stereocenters. The Balaban J connectivity index is 1.78. The van der Waals surface area contributed by atoms with Gasteiger partial charge in [-0.15, -0.1) is 0 Å². The Morgan fingerprint density at radius 3 is 2.57 bits per heavy atom. The fraction of sp³-hybridized carbons (Fsp3) is 0.333. The van der Waals surface area contributed by atoms with E-state index in [-0.39, 0.29) is 5.60 Å². The molecule has 23 heavy (non-hydrogen) atoms. The maximum atomic E-state index is 5.95. The number of aromatic nitrogens is 3. The van der Waals surface area contributed by atoms with Gasteiger partial charge in [0.1, 0.15) is 24.2 Å². The highest BCUT2D eigenvalue weighted by atomic mass is 16.5. The normalized spacial score (nSPS) is 11.8. The van der Waals surface area contributed by atoms with Gasteiger partial charge in [-0.3, -0.25) is 0 Å². The summed E-state index contributed by atoms with van der Waals surface area (Å²) < 4.78 is 13.7. The van der Waals surface area contributed by atoms with Crippen LogP contribution in [0.2, 0.25) is 0 Å². The van der Waals surface area contributed by atoms with Crippen LogP contribution < -0.4 is 4.74 Å². The SMILES string of the molecule is CC(C)(C)Oc1ncnc2ccn(COCc3ccccc3)c12. The molecule has 0 aliphatic carbocycles. The van der Waals surface area contributed by atoms with Crippen molar-refractivity contribution in [3.63, 3.8) is 0 Å². The lowest BCUT2D eigenvalue weighted by atomic mass is 10.2. The van der Waals surface area contributed by atoms with Crippen LogP contribution in [0.3, 0.4) is 0 Å². The van der Waals surface area contributed by atoms with Crippen molar-refractivity contribution in [3.8, 4) is 5.88 Å². The third-order valence-electron chi connectivity index (χ3n) is 3.26. The summed E-state index contributed by atoms with van der Waals surface area (Å²) in [7, 11) is 0. The molecule has 0 saturated carbocycles. The van der Waals surface area contributed by atoms with Gasteiger partial charge in [0.2, 0.25) is 5.88 Å². The first-order valence-corrected chi connectivity index (χ1v) is 7.63. The van der Waals surface area contributed by atoms with Crippen LogP contribution in [0, 0.1) is 0 Å². The first-order valence-electron chi connectivity index (χ1n) is 7.63. The summed E-state index contributed by atoms with van der Waals surface area (Å²) in [6.45, 7) is 6.98. The van der Waals surface area contributed by atoms with E-state index in [1.165, 1.54) is 6.33 Å². The molecule has 5 nitrogen and oxygen atoms in total. The summed E-state index contributed by atoms with van der Waals surface area (Å²) in [4.78, 5) is 8.57. The molecule has 0 unspecified atom stereocenters. The highest BCUT2D eigenvalue weighted by Crippen LogP contribution is 2.25. The second-order valence-electron chi connectivity index (χ2n) is 6.38. The standard InChI is InChI=1S/C18H21N3O2/c1-18(2,3)23-17-16-15(19-12-20-17)9-10-21(16)13-22-11-14-7-5-4-6-8-14/h4-10,12H,11,13H2,1-3H3. The molecule has 3 rings (SSSR count). The first kappa shape index (κ1) is 15.5. The molecular weight excluding hydrogens is 290 g/mol. The second kappa shape index (κ2) is 6.38. The van der Waals surface area contributed by atoms with E-state index in [9.17, 15) is 0 Å². The van der Waals surface area contributed by atoms with Gasteiger partial charge in [0, 0.05) is 6.20 Å². The molecule has 0 aliphatic rings. The van der Waals surface area contributed by atoms with Gasteiger partial charge >= 0.3 is 0 Å². The second-order valence-corrected chi connectivity index (χ2v) is 6.38. The quantitative estimate of drug-likeness (QED) is 0.719. The fourth-order valence-electron chi connectivity index (χ4n) is 2.31. The summed E-state index contributed by atoms with van der Waals surface area (Å²) >= 11 is 0. The van der Waals surface area contributed by atoms with Crippen LogP contribution in [0.1, 0.15) is 26.3 Å². The minimum atomic E-state index is -0.318. The molecule has 0 N–H and O–H groups in total. The third kappa shape index (κ3) is 3.87. The maximum absolute atomic E-state index is 5.95. The zero-order valence-electron chi connectivity index (χ0n) is 13.7. The number of rotatable bonds is 5. The van der Waals surface area contributed by atoms with E-state index in [0.29, 0.717) is 19.2 Å². The van der Waals surface area contributed by atoms with Crippen molar-refractivity contribution in [1.29, 1.82) is 0 Å². The minimum Gasteiger partial charge on any atom is -0.470 e. The number of hydrogen-bond acceptors (Lipinski definition) is 4. The summed E-state index contributed by atoms with van der Waals surface area (Å²) in [6, 6.07) is 12.0. The Labute approximate surface area is 135 Å². The van der Waals surface area contributed by atoms with Crippen LogP contribution in [0.5, 0.6) is 5.88 Å². The van der Waals surface area contributed by atoms with Crippen molar-refractivity contribution >= 4 is 11.0 Å². The van der Waals surface area contributed by atoms with E-state index < -0.39 is 0 Å². The molecule has 0 fully saturated rings. The minimum absolute atomic E-state index is 0.318. The zero-order chi connectivity index (χ0) is 16.3. The Hall–Kier alpha value is -2.40. The predicted octanol–water partition coefficient (Wildman–Crippen LogP) is 3.78. The molecule has 2 heterocycles. The van der Waals surface area contributed by atoms with Crippen molar-refractivity contribution in [3.05, 3.63) is 54.5 Å². The fourth-order valence-corrected chi connectivity index (χ4v) is 2.31. The van der Waals surface area contributed by atoms with E-state index in [1.54, 1.807) is 0 Å². The smallest absolute Gasteiger partial charge is 0.242 e. The Bertz CT molecular complexity index is 776. The highest BCUT2D eigenvalue weighted by Gasteiger charge is 2.17. The van der Waals surface area contributed by atoms with Gasteiger partial charge in [0.25, 0.3) is 0 Å². The van der Waals surface area contributed by atoms with Crippen LogP contribution in [0.4, 0.5) is 0 Å². The number of nitrogens with zero attached hydrogens (tertiary/aromatic N) is 3. The third-order valence-corrected chi connectivity index (χ3v) is 3.26. The molecule has 0 radical (unpaired) electrons.